The van der Waals surface area contributed by atoms with Crippen LogP contribution in [0.3, 0.4) is 0 Å². The summed E-state index contributed by atoms with van der Waals surface area (Å²) in [5.74, 6) is 1.59. The van der Waals surface area contributed by atoms with Crippen LogP contribution in [0.15, 0.2) is 36.4 Å². The van der Waals surface area contributed by atoms with E-state index in [1.54, 1.807) is 13.2 Å². The molecule has 0 atom stereocenters. The van der Waals surface area contributed by atoms with E-state index >= 15 is 0 Å². The third-order valence-electron chi connectivity index (χ3n) is 3.63. The van der Waals surface area contributed by atoms with Gasteiger partial charge in [0.1, 0.15) is 12.4 Å². The lowest BCUT2D eigenvalue weighted by Crippen LogP contribution is -2.29. The zero-order valence-corrected chi connectivity index (χ0v) is 13.0. The van der Waals surface area contributed by atoms with Gasteiger partial charge in [-0.1, -0.05) is 0 Å². The SMILES string of the molecule is COc1ccc(-c2ccc(OCCNC(=O)C3CC3)nn2)cc1. The molecule has 6 heteroatoms. The molecule has 23 heavy (non-hydrogen) atoms. The summed E-state index contributed by atoms with van der Waals surface area (Å²) in [6.07, 6.45) is 2.01. The van der Waals surface area contributed by atoms with Crippen LogP contribution in [0.2, 0.25) is 0 Å². The number of hydrogen-bond donors (Lipinski definition) is 1. The second-order valence-corrected chi connectivity index (χ2v) is 5.40. The van der Waals surface area contributed by atoms with E-state index in [0.29, 0.717) is 19.0 Å². The topological polar surface area (TPSA) is 73.3 Å². The van der Waals surface area contributed by atoms with E-state index in [-0.39, 0.29) is 11.8 Å². The maximum absolute atomic E-state index is 11.5. The molecule has 1 aliphatic rings. The lowest BCUT2D eigenvalue weighted by Gasteiger charge is -2.07. The number of methoxy groups -OCH3 is 1. The van der Waals surface area contributed by atoms with Gasteiger partial charge in [-0.05, 0) is 43.2 Å². The van der Waals surface area contributed by atoms with Crippen LogP contribution in [0.25, 0.3) is 11.3 Å². The molecule has 6 nitrogen and oxygen atoms in total. The Labute approximate surface area is 134 Å². The van der Waals surface area contributed by atoms with Gasteiger partial charge < -0.3 is 14.8 Å². The van der Waals surface area contributed by atoms with Crippen molar-refractivity contribution < 1.29 is 14.3 Å². The Morgan fingerprint density at radius 2 is 1.96 bits per heavy atom. The van der Waals surface area contributed by atoms with Crippen molar-refractivity contribution in [1.29, 1.82) is 0 Å². The molecule has 0 saturated heterocycles. The summed E-state index contributed by atoms with van der Waals surface area (Å²) in [4.78, 5) is 11.5. The maximum Gasteiger partial charge on any atom is 0.233 e. The molecule has 1 saturated carbocycles. The van der Waals surface area contributed by atoms with E-state index in [4.69, 9.17) is 9.47 Å². The monoisotopic (exact) mass is 313 g/mol. The van der Waals surface area contributed by atoms with Gasteiger partial charge in [0.2, 0.25) is 11.8 Å². The van der Waals surface area contributed by atoms with E-state index in [1.807, 2.05) is 30.3 Å². The predicted octanol–water partition coefficient (Wildman–Crippen LogP) is 2.06. The number of carbonyl (C=O) groups excluding carboxylic acids is 1. The zero-order valence-electron chi connectivity index (χ0n) is 13.0. The number of benzene rings is 1. The van der Waals surface area contributed by atoms with Gasteiger partial charge in [0.05, 0.1) is 19.3 Å². The number of hydrogen-bond acceptors (Lipinski definition) is 5. The highest BCUT2D eigenvalue weighted by atomic mass is 16.5. The van der Waals surface area contributed by atoms with Gasteiger partial charge in [-0.25, -0.2) is 0 Å². The van der Waals surface area contributed by atoms with E-state index in [0.717, 1.165) is 29.8 Å². The number of ether oxygens (including phenoxy) is 2. The van der Waals surface area contributed by atoms with Crippen molar-refractivity contribution in [3.8, 4) is 22.9 Å². The second kappa shape index (κ2) is 7.09. The maximum atomic E-state index is 11.5. The molecule has 120 valence electrons. The summed E-state index contributed by atoms with van der Waals surface area (Å²) in [6, 6.07) is 11.2. The summed E-state index contributed by atoms with van der Waals surface area (Å²) in [7, 11) is 1.63. The number of nitrogens with one attached hydrogen (secondary N) is 1. The highest BCUT2D eigenvalue weighted by Gasteiger charge is 2.28. The molecule has 0 radical (unpaired) electrons. The molecule has 0 aliphatic heterocycles. The largest absolute Gasteiger partial charge is 0.497 e. The van der Waals surface area contributed by atoms with Crippen molar-refractivity contribution in [2.75, 3.05) is 20.3 Å². The molecule has 1 N–H and O–H groups in total. The van der Waals surface area contributed by atoms with Gasteiger partial charge in [0.15, 0.2) is 0 Å². The van der Waals surface area contributed by atoms with Crippen molar-refractivity contribution in [2.24, 2.45) is 5.92 Å². The van der Waals surface area contributed by atoms with Gasteiger partial charge in [-0.15, -0.1) is 10.2 Å². The Balaban J connectivity index is 1.48. The molecule has 0 bridgehead atoms. The molecular weight excluding hydrogens is 294 g/mol. The fraction of sp³-hybridized carbons (Fsp3) is 0.353. The molecule has 1 heterocycles. The van der Waals surface area contributed by atoms with E-state index in [2.05, 4.69) is 15.5 Å². The summed E-state index contributed by atoms with van der Waals surface area (Å²) < 4.78 is 10.6. The molecule has 0 spiro atoms. The van der Waals surface area contributed by atoms with Crippen molar-refractivity contribution in [3.05, 3.63) is 36.4 Å². The molecule has 2 aromatic rings. The minimum Gasteiger partial charge on any atom is -0.497 e. The van der Waals surface area contributed by atoms with Gasteiger partial charge in [-0.2, -0.15) is 0 Å². The highest BCUT2D eigenvalue weighted by Crippen LogP contribution is 2.28. The van der Waals surface area contributed by atoms with Gasteiger partial charge in [0.25, 0.3) is 0 Å². The summed E-state index contributed by atoms with van der Waals surface area (Å²) >= 11 is 0. The molecular formula is C17H19N3O3. The average molecular weight is 313 g/mol. The Hall–Kier alpha value is -2.63. The quantitative estimate of drug-likeness (QED) is 0.792. The lowest BCUT2D eigenvalue weighted by atomic mass is 10.1. The van der Waals surface area contributed by atoms with Crippen LogP contribution in [0.4, 0.5) is 0 Å². The molecule has 1 aliphatic carbocycles. The highest BCUT2D eigenvalue weighted by molar-refractivity contribution is 5.80. The van der Waals surface area contributed by atoms with Crippen LogP contribution in [0.1, 0.15) is 12.8 Å². The number of carbonyl (C=O) groups is 1. The van der Waals surface area contributed by atoms with Gasteiger partial charge in [0, 0.05) is 17.5 Å². The normalized spacial score (nSPS) is 13.4. The molecule has 1 amide bonds. The van der Waals surface area contributed by atoms with Crippen molar-refractivity contribution in [1.82, 2.24) is 15.5 Å². The fourth-order valence-electron chi connectivity index (χ4n) is 2.13. The number of amides is 1. The smallest absolute Gasteiger partial charge is 0.233 e. The average Bonchev–Trinajstić information content (AvgIpc) is 3.44. The van der Waals surface area contributed by atoms with E-state index < -0.39 is 0 Å². The van der Waals surface area contributed by atoms with Crippen LogP contribution in [-0.2, 0) is 4.79 Å². The fourth-order valence-corrected chi connectivity index (χ4v) is 2.13. The van der Waals surface area contributed by atoms with Gasteiger partial charge in [-0.3, -0.25) is 4.79 Å². The summed E-state index contributed by atoms with van der Waals surface area (Å²) in [6.45, 7) is 0.867. The molecule has 1 aromatic heterocycles. The first-order chi connectivity index (χ1) is 11.3. The lowest BCUT2D eigenvalue weighted by molar-refractivity contribution is -0.122. The first-order valence-electron chi connectivity index (χ1n) is 7.65. The van der Waals surface area contributed by atoms with E-state index in [1.165, 1.54) is 0 Å². The Kier molecular flexibility index (Phi) is 4.71. The number of rotatable bonds is 7. The Bertz CT molecular complexity index is 652. The van der Waals surface area contributed by atoms with Gasteiger partial charge >= 0.3 is 0 Å². The predicted molar refractivity (Wildman–Crippen MR) is 85.2 cm³/mol. The van der Waals surface area contributed by atoms with Crippen molar-refractivity contribution >= 4 is 5.91 Å². The minimum absolute atomic E-state index is 0.120. The minimum atomic E-state index is 0.120. The Morgan fingerprint density at radius 3 is 2.57 bits per heavy atom. The first kappa shape index (κ1) is 15.3. The Morgan fingerprint density at radius 1 is 1.17 bits per heavy atom. The van der Waals surface area contributed by atoms with Crippen LogP contribution in [0.5, 0.6) is 11.6 Å². The van der Waals surface area contributed by atoms with Crippen LogP contribution < -0.4 is 14.8 Å². The van der Waals surface area contributed by atoms with Crippen molar-refractivity contribution in [2.45, 2.75) is 12.8 Å². The first-order valence-corrected chi connectivity index (χ1v) is 7.65. The van der Waals surface area contributed by atoms with Crippen LogP contribution in [0, 0.1) is 5.92 Å². The standard InChI is InChI=1S/C17H19N3O3/c1-22-14-6-4-12(5-7-14)15-8-9-16(20-19-15)23-11-10-18-17(21)13-2-3-13/h4-9,13H,2-3,10-11H2,1H3,(H,18,21). The van der Waals surface area contributed by atoms with Crippen LogP contribution >= 0.6 is 0 Å². The molecule has 3 rings (SSSR count). The number of nitrogens with zero attached hydrogens (tertiary/aromatic N) is 2. The summed E-state index contributed by atoms with van der Waals surface area (Å²) in [5, 5.41) is 11.0. The molecule has 1 fully saturated rings. The number of aromatic nitrogens is 2. The second-order valence-electron chi connectivity index (χ2n) is 5.40. The molecule has 1 aromatic carbocycles. The van der Waals surface area contributed by atoms with Crippen LogP contribution in [-0.4, -0.2) is 36.4 Å². The summed E-state index contributed by atoms with van der Waals surface area (Å²) in [5.41, 5.74) is 1.73. The van der Waals surface area contributed by atoms with Crippen molar-refractivity contribution in [3.63, 3.8) is 0 Å². The third kappa shape index (κ3) is 4.18. The zero-order chi connectivity index (χ0) is 16.1. The van der Waals surface area contributed by atoms with E-state index in [9.17, 15) is 4.79 Å². The molecule has 0 unspecified atom stereocenters. The third-order valence-corrected chi connectivity index (χ3v) is 3.63.